The summed E-state index contributed by atoms with van der Waals surface area (Å²) in [4.78, 5) is 34.0. The minimum atomic E-state index is -0.509. The second kappa shape index (κ2) is 14.2. The SMILES string of the molecule is CCN(CC)C1CCN(C(=O)Oc2cc(F)ccc2C=C2SC(N3CCCCN3)=NC2=O)CC1.Cl.Cl. The average Bonchev–Trinajstić information content (AvgIpc) is 3.22. The molecule has 3 aliphatic heterocycles. The summed E-state index contributed by atoms with van der Waals surface area (Å²) in [6.45, 7) is 9.10. The zero-order valence-electron chi connectivity index (χ0n) is 20.6. The fourth-order valence-electron chi connectivity index (χ4n) is 4.53. The molecular formula is C24H34Cl2FN5O3S. The van der Waals surface area contributed by atoms with Gasteiger partial charge in [0.2, 0.25) is 0 Å². The van der Waals surface area contributed by atoms with Crippen LogP contribution in [-0.4, -0.2) is 77.3 Å². The molecule has 3 aliphatic rings. The van der Waals surface area contributed by atoms with Crippen LogP contribution in [0.3, 0.4) is 0 Å². The molecule has 36 heavy (non-hydrogen) atoms. The number of halogens is 3. The molecule has 0 radical (unpaired) electrons. The lowest BCUT2D eigenvalue weighted by Gasteiger charge is -2.37. The van der Waals surface area contributed by atoms with Gasteiger partial charge in [-0.25, -0.2) is 14.6 Å². The van der Waals surface area contributed by atoms with E-state index in [-0.39, 0.29) is 36.5 Å². The standard InChI is InChI=1S/C24H32FN5O3S.2ClH/c1-3-28(4-2)19-9-13-29(14-10-19)24(32)33-20-16-18(25)8-7-17(20)15-21-22(31)27-23(34-21)30-12-6-5-11-26-30;;/h7-8,15-16,19,26H,3-6,9-14H2,1-2H3;2*1H. The number of hydrogen-bond acceptors (Lipinski definition) is 7. The first-order valence-electron chi connectivity index (χ1n) is 12.0. The van der Waals surface area contributed by atoms with E-state index >= 15 is 0 Å². The van der Waals surface area contributed by atoms with Crippen LogP contribution in [0.5, 0.6) is 5.75 Å². The molecule has 0 aromatic heterocycles. The molecule has 1 aromatic carbocycles. The number of hydrogen-bond donors (Lipinski definition) is 1. The van der Waals surface area contributed by atoms with Crippen LogP contribution in [-0.2, 0) is 4.79 Å². The molecule has 2 saturated heterocycles. The predicted molar refractivity (Wildman–Crippen MR) is 146 cm³/mol. The Morgan fingerprint density at radius 1 is 1.22 bits per heavy atom. The van der Waals surface area contributed by atoms with Crippen molar-refractivity contribution in [2.75, 3.05) is 39.3 Å². The van der Waals surface area contributed by atoms with E-state index in [1.807, 2.05) is 5.01 Å². The van der Waals surface area contributed by atoms with Crippen molar-refractivity contribution >= 4 is 59.8 Å². The Kier molecular flexibility index (Phi) is 12.0. The Morgan fingerprint density at radius 2 is 1.94 bits per heavy atom. The zero-order chi connectivity index (χ0) is 24.1. The van der Waals surface area contributed by atoms with Crippen molar-refractivity contribution in [3.63, 3.8) is 0 Å². The maximum Gasteiger partial charge on any atom is 0.415 e. The number of carbonyl (C=O) groups is 2. The smallest absolute Gasteiger partial charge is 0.409 e. The molecule has 4 rings (SSSR count). The van der Waals surface area contributed by atoms with Gasteiger partial charge in [0.1, 0.15) is 11.6 Å². The quantitative estimate of drug-likeness (QED) is 0.528. The van der Waals surface area contributed by atoms with E-state index in [9.17, 15) is 14.0 Å². The highest BCUT2D eigenvalue weighted by Gasteiger charge is 2.29. The highest BCUT2D eigenvalue weighted by atomic mass is 35.5. The summed E-state index contributed by atoms with van der Waals surface area (Å²) in [6, 6.07) is 4.45. The summed E-state index contributed by atoms with van der Waals surface area (Å²) in [7, 11) is 0. The highest BCUT2D eigenvalue weighted by Crippen LogP contribution is 2.33. The van der Waals surface area contributed by atoms with Crippen LogP contribution in [0.2, 0.25) is 0 Å². The van der Waals surface area contributed by atoms with Crippen LogP contribution in [0, 0.1) is 5.82 Å². The largest absolute Gasteiger partial charge is 0.415 e. The molecule has 2 fully saturated rings. The number of amidine groups is 1. The molecule has 12 heteroatoms. The number of likely N-dealkylation sites (tertiary alicyclic amines) is 1. The number of nitrogens with one attached hydrogen (secondary N) is 1. The molecule has 3 heterocycles. The van der Waals surface area contributed by atoms with Gasteiger partial charge in [-0.3, -0.25) is 9.80 Å². The Morgan fingerprint density at radius 3 is 2.58 bits per heavy atom. The third kappa shape index (κ3) is 7.35. The van der Waals surface area contributed by atoms with Gasteiger partial charge >= 0.3 is 6.09 Å². The summed E-state index contributed by atoms with van der Waals surface area (Å²) >= 11 is 1.26. The van der Waals surface area contributed by atoms with E-state index in [0.717, 1.165) is 51.9 Å². The molecule has 0 saturated carbocycles. The fourth-order valence-corrected chi connectivity index (χ4v) is 5.44. The molecule has 0 spiro atoms. The Labute approximate surface area is 228 Å². The number of ether oxygens (including phenoxy) is 1. The van der Waals surface area contributed by atoms with Crippen molar-refractivity contribution in [3.8, 4) is 5.75 Å². The molecule has 1 aromatic rings. The molecule has 2 amide bonds. The van der Waals surface area contributed by atoms with Crippen LogP contribution in [0.4, 0.5) is 9.18 Å². The maximum atomic E-state index is 14.0. The molecule has 0 bridgehead atoms. The highest BCUT2D eigenvalue weighted by molar-refractivity contribution is 8.18. The molecule has 8 nitrogen and oxygen atoms in total. The van der Waals surface area contributed by atoms with Crippen LogP contribution >= 0.6 is 36.6 Å². The third-order valence-corrected chi connectivity index (χ3v) is 7.47. The summed E-state index contributed by atoms with van der Waals surface area (Å²) in [6.07, 6.45) is 5.00. The summed E-state index contributed by atoms with van der Waals surface area (Å²) in [5, 5.41) is 2.49. The predicted octanol–water partition coefficient (Wildman–Crippen LogP) is 4.55. The number of hydrazine groups is 1. The lowest BCUT2D eigenvalue weighted by atomic mass is 10.0. The molecular weight excluding hydrogens is 528 g/mol. The van der Waals surface area contributed by atoms with Crippen LogP contribution in [0.1, 0.15) is 45.1 Å². The van der Waals surface area contributed by atoms with Gasteiger partial charge in [-0.1, -0.05) is 13.8 Å². The minimum Gasteiger partial charge on any atom is -0.409 e. The van der Waals surface area contributed by atoms with Crippen LogP contribution < -0.4 is 10.2 Å². The molecule has 200 valence electrons. The third-order valence-electron chi connectivity index (χ3n) is 6.46. The second-order valence-electron chi connectivity index (χ2n) is 8.57. The first kappa shape index (κ1) is 30.4. The van der Waals surface area contributed by atoms with Gasteiger partial charge in [0.05, 0.1) is 4.91 Å². The van der Waals surface area contributed by atoms with E-state index in [4.69, 9.17) is 4.74 Å². The van der Waals surface area contributed by atoms with E-state index in [1.165, 1.54) is 30.0 Å². The van der Waals surface area contributed by atoms with Crippen molar-refractivity contribution in [2.24, 2.45) is 4.99 Å². The van der Waals surface area contributed by atoms with E-state index in [2.05, 4.69) is 29.2 Å². The summed E-state index contributed by atoms with van der Waals surface area (Å²) < 4.78 is 19.6. The van der Waals surface area contributed by atoms with E-state index < -0.39 is 11.9 Å². The first-order valence-corrected chi connectivity index (χ1v) is 12.8. The van der Waals surface area contributed by atoms with Crippen molar-refractivity contribution in [1.82, 2.24) is 20.2 Å². The van der Waals surface area contributed by atoms with Crippen molar-refractivity contribution in [3.05, 3.63) is 34.5 Å². The van der Waals surface area contributed by atoms with Gasteiger partial charge in [-0.15, -0.1) is 24.8 Å². The second-order valence-corrected chi connectivity index (χ2v) is 9.58. The van der Waals surface area contributed by atoms with Crippen molar-refractivity contribution in [1.29, 1.82) is 0 Å². The van der Waals surface area contributed by atoms with E-state index in [1.54, 1.807) is 11.0 Å². The first-order chi connectivity index (χ1) is 16.5. The number of rotatable bonds is 5. The monoisotopic (exact) mass is 561 g/mol. The fraction of sp³-hybridized carbons (Fsp3) is 0.542. The topological polar surface area (TPSA) is 77.5 Å². The lowest BCUT2D eigenvalue weighted by molar-refractivity contribution is -0.113. The normalized spacial score (nSPS) is 19.7. The summed E-state index contributed by atoms with van der Waals surface area (Å²) in [5.41, 5.74) is 3.70. The molecule has 0 aliphatic carbocycles. The van der Waals surface area contributed by atoms with Gasteiger partial charge in [0.25, 0.3) is 5.91 Å². The number of benzene rings is 1. The molecule has 0 unspecified atom stereocenters. The van der Waals surface area contributed by atoms with Crippen LogP contribution in [0.25, 0.3) is 6.08 Å². The van der Waals surface area contributed by atoms with Crippen LogP contribution in [0.15, 0.2) is 28.1 Å². The number of amides is 2. The number of piperidine rings is 1. The molecule has 0 atom stereocenters. The minimum absolute atomic E-state index is 0. The number of thioether (sulfide) groups is 1. The van der Waals surface area contributed by atoms with Crippen molar-refractivity contribution < 1.29 is 18.7 Å². The zero-order valence-corrected chi connectivity index (χ0v) is 23.0. The number of aliphatic imine (C=N–C) groups is 1. The Balaban J connectivity index is 0.00000228. The maximum absolute atomic E-state index is 14.0. The van der Waals surface area contributed by atoms with Gasteiger partial charge in [0, 0.05) is 43.9 Å². The van der Waals surface area contributed by atoms with Gasteiger partial charge in [-0.05, 0) is 68.7 Å². The van der Waals surface area contributed by atoms with Gasteiger partial charge in [0.15, 0.2) is 5.17 Å². The number of carbonyl (C=O) groups excluding carboxylic acids is 2. The average molecular weight is 563 g/mol. The Hall–Kier alpha value is -1.85. The molecule has 1 N–H and O–H groups in total. The Bertz CT molecular complexity index is 978. The van der Waals surface area contributed by atoms with Gasteiger partial charge < -0.3 is 14.5 Å². The summed E-state index contributed by atoms with van der Waals surface area (Å²) in [5.74, 6) is -0.765. The van der Waals surface area contributed by atoms with Gasteiger partial charge in [-0.2, -0.15) is 4.99 Å². The lowest BCUT2D eigenvalue weighted by Crippen LogP contribution is -2.47. The van der Waals surface area contributed by atoms with Crippen molar-refractivity contribution in [2.45, 2.75) is 45.6 Å². The number of nitrogens with zero attached hydrogens (tertiary/aromatic N) is 4. The van der Waals surface area contributed by atoms with E-state index in [0.29, 0.717) is 34.8 Å².